The molecular formula is C91H94F11N19O12S4. The Balaban J connectivity index is 0.000000155. The van der Waals surface area contributed by atoms with Gasteiger partial charge in [0.1, 0.15) is 35.1 Å². The Morgan fingerprint density at radius 3 is 1.26 bits per heavy atom. The summed E-state index contributed by atoms with van der Waals surface area (Å²) in [5.74, 6) is -4.28. The van der Waals surface area contributed by atoms with Gasteiger partial charge in [-0.15, -0.1) is 0 Å². The minimum absolute atomic E-state index is 0.0307. The van der Waals surface area contributed by atoms with Crippen molar-refractivity contribution in [1.29, 1.82) is 0 Å². The summed E-state index contributed by atoms with van der Waals surface area (Å²) in [6.45, 7) is 4.25. The highest BCUT2D eigenvalue weighted by atomic mass is 32.2. The summed E-state index contributed by atoms with van der Waals surface area (Å²) in [4.78, 5) is 69.2. The number of hydrogen-bond donors (Lipinski definition) is 4. The molecule has 4 N–H and O–H groups in total. The van der Waals surface area contributed by atoms with Gasteiger partial charge in [0, 0.05) is 94.5 Å². The molecule has 0 spiro atoms. The number of hydrogen-bond acceptors (Lipinski definition) is 19. The summed E-state index contributed by atoms with van der Waals surface area (Å²) in [7, 11) is -14.1. The van der Waals surface area contributed by atoms with Crippen LogP contribution in [0.4, 0.5) is 90.2 Å². The van der Waals surface area contributed by atoms with Gasteiger partial charge in [-0.25, -0.2) is 103 Å². The fourth-order valence-corrected chi connectivity index (χ4v) is 18.5. The normalized spacial score (nSPS) is 15.5. The van der Waals surface area contributed by atoms with Crippen LogP contribution in [-0.4, -0.2) is 175 Å². The first-order valence-corrected chi connectivity index (χ1v) is 50.6. The zero-order chi connectivity index (χ0) is 98.8. The molecule has 12 aromatic rings. The number of carbonyl (C=O) groups is 4. The van der Waals surface area contributed by atoms with E-state index in [1.165, 1.54) is 113 Å². The van der Waals surface area contributed by atoms with E-state index in [-0.39, 0.29) is 98.1 Å². The van der Waals surface area contributed by atoms with Crippen molar-refractivity contribution in [3.8, 4) is 22.7 Å². The Morgan fingerprint density at radius 1 is 0.423 bits per heavy atom. The van der Waals surface area contributed by atoms with Crippen LogP contribution in [0, 0.1) is 35.0 Å². The van der Waals surface area contributed by atoms with Crippen LogP contribution in [0.2, 0.25) is 0 Å². The molecule has 31 nitrogen and oxygen atoms in total. The first-order chi connectivity index (χ1) is 64.8. The molecule has 8 amide bonds. The van der Waals surface area contributed by atoms with Crippen LogP contribution in [-0.2, 0) is 78.1 Å². The van der Waals surface area contributed by atoms with Crippen LogP contribution in [0.15, 0.2) is 215 Å². The third kappa shape index (κ3) is 24.7. The van der Waals surface area contributed by atoms with Crippen molar-refractivity contribution in [3.05, 3.63) is 269 Å². The molecule has 0 saturated carbocycles. The van der Waals surface area contributed by atoms with E-state index in [1.54, 1.807) is 81.1 Å². The molecule has 2 unspecified atom stereocenters. The molecule has 4 aliphatic heterocycles. The molecule has 137 heavy (non-hydrogen) atoms. The molecule has 4 atom stereocenters. The van der Waals surface area contributed by atoms with Crippen LogP contribution in [0.1, 0.15) is 129 Å². The Kier molecular flexibility index (Phi) is 31.2. The lowest BCUT2D eigenvalue weighted by Gasteiger charge is -2.37. The highest BCUT2D eigenvalue weighted by molar-refractivity contribution is 7.91. The predicted octanol–water partition coefficient (Wildman–Crippen LogP) is 15.8. The molecular weight excluding hydrogens is 1890 g/mol. The highest BCUT2D eigenvalue weighted by Crippen LogP contribution is 2.43. The Labute approximate surface area is 781 Å². The maximum Gasteiger partial charge on any atom is 0.409 e. The number of benzene rings is 5. The van der Waals surface area contributed by atoms with E-state index in [0.29, 0.717) is 70.3 Å². The van der Waals surface area contributed by atoms with E-state index in [2.05, 4.69) is 56.6 Å². The van der Waals surface area contributed by atoms with E-state index in [4.69, 9.17) is 0 Å². The van der Waals surface area contributed by atoms with Crippen LogP contribution in [0.25, 0.3) is 22.7 Å². The number of carbonyl (C=O) groups excluding carboxylic acids is 4. The lowest BCUT2D eigenvalue weighted by atomic mass is 9.96. The number of pyridine rings is 3. The summed E-state index contributed by atoms with van der Waals surface area (Å²) < 4.78 is 252. The molecule has 11 heterocycles. The third-order valence-electron chi connectivity index (χ3n) is 22.8. The van der Waals surface area contributed by atoms with Crippen LogP contribution in [0.3, 0.4) is 0 Å². The number of aromatic nitrogens is 11. The number of nitrogens with zero attached hydrogens (tertiary/aromatic N) is 15. The SMILES string of the molecule is CCC[C@H](NC(=O)N1CCCCc2c1cnn2-c1ccc(F)cc1)c1cncc(S(C)(=O)=O)c1.CCC[C@H](NC(=O)N1c2cnn(-c3ccc(F)cc3)c2CCC1C(F)(F)F)c1cc(S(C)(=O)=O)ccc1F.CS(=O)(=O)c1cc(CNC(=O)N2CC(C(F)(F)F)Cc3c2cnn3-c2ccc(F)cc2)ccn1.CS(=O)(=O)c1cc(CNC(=O)N2CCCCc3c2cnn3-c2ccc(F)cc2)ccn1. The second-order valence-corrected chi connectivity index (χ2v) is 40.8. The summed E-state index contributed by atoms with van der Waals surface area (Å²) in [6.07, 6.45) is 12.2. The largest absolute Gasteiger partial charge is 0.409 e. The van der Waals surface area contributed by atoms with E-state index >= 15 is 0 Å². The molecule has 16 rings (SSSR count). The number of nitrogens with one attached hydrogen (secondary N) is 4. The number of rotatable bonds is 20. The summed E-state index contributed by atoms with van der Waals surface area (Å²) >= 11 is 0. The van der Waals surface area contributed by atoms with Crippen LogP contribution >= 0.6 is 0 Å². The van der Waals surface area contributed by atoms with Gasteiger partial charge in [0.15, 0.2) is 49.4 Å². The fourth-order valence-electron chi connectivity index (χ4n) is 16.0. The second-order valence-electron chi connectivity index (χ2n) is 32.8. The molecule has 0 saturated heterocycles. The number of anilines is 4. The van der Waals surface area contributed by atoms with Crippen molar-refractivity contribution in [1.82, 2.24) is 75.3 Å². The maximum atomic E-state index is 14.8. The average molecular weight is 1980 g/mol. The van der Waals surface area contributed by atoms with Gasteiger partial charge in [-0.1, -0.05) is 26.7 Å². The molecule has 0 fully saturated rings. The second kappa shape index (κ2) is 42.4. The van der Waals surface area contributed by atoms with E-state index in [9.17, 15) is 101 Å². The molecule has 4 aliphatic rings. The summed E-state index contributed by atoms with van der Waals surface area (Å²) in [5, 5.41) is 27.9. The van der Waals surface area contributed by atoms with Crippen molar-refractivity contribution < 1.29 is 101 Å². The molecule has 0 aliphatic carbocycles. The van der Waals surface area contributed by atoms with E-state index < -0.39 is 119 Å². The van der Waals surface area contributed by atoms with Crippen molar-refractivity contribution >= 4 is 86.2 Å². The molecule has 7 aromatic heterocycles. The molecule has 0 bridgehead atoms. The number of amides is 8. The standard InChI is InChI=1S/C25H25F5N4O3S.C24H28FN5O3S.C21H19F4N5O3S.C21H22FN5O3S/c1-3-4-20(18-13-17(38(2,36)37)9-10-19(18)27)32-24(35)33-22-14-31-34(16-7-5-15(26)6-8-16)21(22)11-12-23(33)25(28,29)30;1-3-6-21(17-13-20(15-26-14-17)34(2,32)33)28-24(31)29-12-5-4-7-22-23(29)16-27-30(22)19-10-8-18(25)9-11-19;1-34(32,33)19-8-13(6-7-26-19)10-27-20(31)29-12-14(21(23,24)25)9-17-18(29)11-28-30(17)16-4-2-15(22)3-5-16;1-31(29,30)20-12-15(9-10-23-20)13-24-21(28)26-11-3-2-4-18-19(26)14-25-27(18)17-7-5-16(22)6-8-17/h5-10,13-14,20,23H,3-4,11-12H2,1-2H3,(H,32,35);8-11,13-16,21H,3-7,12H2,1-2H3,(H,28,31);2-8,11,14H,9-10,12H2,1H3,(H,27,31);5-10,12,14H,2-4,11,13H2,1H3,(H,24,28)/t20-,23?;21-;;/m00../s1. The fraction of sp³-hybridized carbons (Fsp3) is 0.330. The average Bonchev–Trinajstić information content (AvgIpc) is 1.64. The van der Waals surface area contributed by atoms with Gasteiger partial charge >= 0.3 is 36.5 Å². The lowest BCUT2D eigenvalue weighted by molar-refractivity contribution is -0.172. The van der Waals surface area contributed by atoms with Gasteiger partial charge in [-0.2, -0.15) is 46.7 Å². The number of sulfone groups is 4. The van der Waals surface area contributed by atoms with Gasteiger partial charge in [0.25, 0.3) is 0 Å². The summed E-state index contributed by atoms with van der Waals surface area (Å²) in [6, 6.07) is 26.9. The first kappa shape index (κ1) is 101. The number of urea groups is 4. The van der Waals surface area contributed by atoms with Gasteiger partial charge in [0.05, 0.1) is 121 Å². The minimum atomic E-state index is -4.77. The van der Waals surface area contributed by atoms with E-state index in [1.807, 2.05) is 6.92 Å². The van der Waals surface area contributed by atoms with Gasteiger partial charge in [0.2, 0.25) is 0 Å². The Hall–Kier alpha value is -13.5. The van der Waals surface area contributed by atoms with Crippen molar-refractivity contribution in [2.75, 3.05) is 64.3 Å². The number of alkyl halides is 6. The van der Waals surface area contributed by atoms with Crippen LogP contribution < -0.4 is 40.9 Å². The molecule has 726 valence electrons. The van der Waals surface area contributed by atoms with E-state index in [0.717, 1.165) is 140 Å². The third-order valence-corrected chi connectivity index (χ3v) is 27.0. The lowest BCUT2D eigenvalue weighted by Crippen LogP contribution is -2.55. The minimum Gasteiger partial charge on any atom is -0.334 e. The topological polar surface area (TPSA) is 376 Å². The zero-order valence-electron chi connectivity index (χ0n) is 74.4. The Bertz CT molecular complexity index is 6880. The van der Waals surface area contributed by atoms with Crippen molar-refractivity contribution in [2.24, 2.45) is 5.92 Å². The van der Waals surface area contributed by atoms with Crippen molar-refractivity contribution in [2.45, 2.75) is 161 Å². The highest BCUT2D eigenvalue weighted by Gasteiger charge is 2.51. The molecule has 46 heteroatoms. The maximum absolute atomic E-state index is 14.8. The number of halogens is 11. The molecule has 0 radical (unpaired) electrons. The van der Waals surface area contributed by atoms with Gasteiger partial charge < -0.3 is 21.3 Å². The van der Waals surface area contributed by atoms with Crippen molar-refractivity contribution in [3.63, 3.8) is 0 Å². The van der Waals surface area contributed by atoms with Gasteiger partial charge in [-0.3, -0.25) is 24.6 Å². The zero-order valence-corrected chi connectivity index (χ0v) is 77.7. The number of fused-ring (bicyclic) bond motifs is 4. The summed E-state index contributed by atoms with van der Waals surface area (Å²) in [5.41, 5.74) is 7.61. The first-order valence-electron chi connectivity index (χ1n) is 43.0. The monoisotopic (exact) mass is 1980 g/mol. The van der Waals surface area contributed by atoms with Gasteiger partial charge in [-0.05, 0) is 226 Å². The molecule has 5 aromatic carbocycles. The predicted molar refractivity (Wildman–Crippen MR) is 484 cm³/mol. The quantitative estimate of drug-likeness (QED) is 0.0407. The Morgan fingerprint density at radius 2 is 0.832 bits per heavy atom. The smallest absolute Gasteiger partial charge is 0.334 e. The van der Waals surface area contributed by atoms with Crippen LogP contribution in [0.5, 0.6) is 0 Å².